The van der Waals surface area contributed by atoms with E-state index in [0.717, 1.165) is 42.2 Å². The molecule has 3 atom stereocenters. The normalized spacial score (nSPS) is 20.0. The highest BCUT2D eigenvalue weighted by Crippen LogP contribution is 2.43. The number of carbonyl (C=O) groups excluding carboxylic acids is 1. The van der Waals surface area contributed by atoms with Crippen molar-refractivity contribution >= 4 is 6.09 Å². The fraction of sp³-hybridized carbons (Fsp3) is 0.389. The fourth-order valence-corrected chi connectivity index (χ4v) is 6.42. The summed E-state index contributed by atoms with van der Waals surface area (Å²) in [5, 5.41) is 3.63. The molecule has 1 aromatic heterocycles. The van der Waals surface area contributed by atoms with Crippen LogP contribution in [0.25, 0.3) is 11.3 Å². The summed E-state index contributed by atoms with van der Waals surface area (Å²) in [4.78, 5) is 19.2. The predicted octanol–water partition coefficient (Wildman–Crippen LogP) is 6.93. The predicted molar refractivity (Wildman–Crippen MR) is 169 cm³/mol. The summed E-state index contributed by atoms with van der Waals surface area (Å²) in [5.41, 5.74) is 1.96. The Morgan fingerprint density at radius 1 is 1.02 bits per heavy atom. The highest BCUT2D eigenvalue weighted by Gasteiger charge is 2.42. The maximum Gasteiger partial charge on any atom is 0.410 e. The molecule has 0 aliphatic carbocycles. The molecule has 46 heavy (non-hydrogen) atoms. The molecule has 3 aromatic carbocycles. The van der Waals surface area contributed by atoms with Gasteiger partial charge < -0.3 is 24.3 Å². The number of ether oxygens (including phenoxy) is 2. The average Bonchev–Trinajstić information content (AvgIpc) is 3.65. The Morgan fingerprint density at radius 2 is 1.72 bits per heavy atom. The number of rotatable bonds is 10. The first-order chi connectivity index (χ1) is 22.3. The van der Waals surface area contributed by atoms with E-state index < -0.39 is 29.8 Å². The zero-order valence-corrected chi connectivity index (χ0v) is 25.9. The molecule has 2 saturated heterocycles. The molecule has 3 heterocycles. The average molecular weight is 633 g/mol. The van der Waals surface area contributed by atoms with E-state index in [2.05, 4.69) is 12.2 Å². The topological polar surface area (TPSA) is 68.6 Å². The Labute approximate surface area is 267 Å². The summed E-state index contributed by atoms with van der Waals surface area (Å²) < 4.78 is 57.8. The lowest BCUT2D eigenvalue weighted by Gasteiger charge is -2.41. The molecule has 6 rings (SSSR count). The van der Waals surface area contributed by atoms with Crippen LogP contribution in [-0.4, -0.2) is 59.6 Å². The molecular weight excluding hydrogens is 593 g/mol. The Bertz CT molecular complexity index is 1610. The Balaban J connectivity index is 1.26. The maximum atomic E-state index is 15.4. The lowest BCUT2D eigenvalue weighted by Crippen LogP contribution is -2.44. The first kappa shape index (κ1) is 31.8. The van der Waals surface area contributed by atoms with Gasteiger partial charge in [-0.25, -0.2) is 22.9 Å². The molecule has 2 fully saturated rings. The minimum atomic E-state index is -1.24. The first-order valence-electron chi connectivity index (χ1n) is 15.8. The molecule has 10 heteroatoms. The van der Waals surface area contributed by atoms with Crippen LogP contribution in [0.1, 0.15) is 42.8 Å². The van der Waals surface area contributed by atoms with Gasteiger partial charge in [-0.05, 0) is 47.6 Å². The van der Waals surface area contributed by atoms with E-state index in [4.69, 9.17) is 14.5 Å². The van der Waals surface area contributed by atoms with E-state index in [1.165, 1.54) is 4.90 Å². The monoisotopic (exact) mass is 632 g/mol. The van der Waals surface area contributed by atoms with E-state index in [1.54, 1.807) is 6.20 Å². The van der Waals surface area contributed by atoms with Crippen LogP contribution < -0.4 is 5.32 Å². The quantitative estimate of drug-likeness (QED) is 0.205. The molecule has 7 nitrogen and oxygen atoms in total. The number of imidazole rings is 1. The van der Waals surface area contributed by atoms with Crippen molar-refractivity contribution in [3.63, 3.8) is 0 Å². The number of hydrogen-bond acceptors (Lipinski definition) is 5. The SMILES string of the molecule is CC1([C@@H](NC[C@@H]2CN(C(=O)OCc3ccccc3)C[C@@H]2F)c2nc(-c3cc(F)ccc3F)cn2Cc2ccccc2)CCOCC1. The highest BCUT2D eigenvalue weighted by molar-refractivity contribution is 5.68. The number of alkyl halides is 1. The van der Waals surface area contributed by atoms with Gasteiger partial charge in [-0.3, -0.25) is 0 Å². The molecule has 2 aliphatic rings. The molecule has 1 N–H and O–H groups in total. The fourth-order valence-electron chi connectivity index (χ4n) is 6.42. The molecule has 2 aliphatic heterocycles. The molecular formula is C36H39F3N4O3. The van der Waals surface area contributed by atoms with Crippen LogP contribution in [-0.2, 0) is 22.6 Å². The molecule has 0 bridgehead atoms. The largest absolute Gasteiger partial charge is 0.445 e. The van der Waals surface area contributed by atoms with Crippen LogP contribution in [0.2, 0.25) is 0 Å². The van der Waals surface area contributed by atoms with Crippen LogP contribution in [0.15, 0.2) is 85.1 Å². The van der Waals surface area contributed by atoms with E-state index >= 15 is 4.39 Å². The summed E-state index contributed by atoms with van der Waals surface area (Å²) in [7, 11) is 0. The Kier molecular flexibility index (Phi) is 9.75. The van der Waals surface area contributed by atoms with E-state index in [9.17, 15) is 13.6 Å². The molecule has 1 amide bonds. The third kappa shape index (κ3) is 7.29. The molecule has 0 saturated carbocycles. The summed E-state index contributed by atoms with van der Waals surface area (Å²) in [6.45, 7) is 4.33. The Hall–Kier alpha value is -4.15. The highest BCUT2D eigenvalue weighted by atomic mass is 19.1. The third-order valence-corrected chi connectivity index (χ3v) is 9.21. The Morgan fingerprint density at radius 3 is 2.43 bits per heavy atom. The van der Waals surface area contributed by atoms with Gasteiger partial charge >= 0.3 is 6.09 Å². The number of likely N-dealkylation sites (tertiary alicyclic amines) is 1. The summed E-state index contributed by atoms with van der Waals surface area (Å²) in [5.74, 6) is -0.930. The van der Waals surface area contributed by atoms with E-state index in [-0.39, 0.29) is 43.3 Å². The van der Waals surface area contributed by atoms with Crippen LogP contribution >= 0.6 is 0 Å². The lowest BCUT2D eigenvalue weighted by molar-refractivity contribution is 0.0000289. The van der Waals surface area contributed by atoms with Crippen LogP contribution in [0.3, 0.4) is 0 Å². The van der Waals surface area contributed by atoms with Crippen molar-refractivity contribution in [2.45, 2.75) is 45.1 Å². The minimum absolute atomic E-state index is 0.0403. The summed E-state index contributed by atoms with van der Waals surface area (Å²) in [6, 6.07) is 22.2. The maximum absolute atomic E-state index is 15.4. The molecule has 0 unspecified atom stereocenters. The van der Waals surface area contributed by atoms with E-state index in [1.807, 2.05) is 65.2 Å². The number of halogens is 3. The van der Waals surface area contributed by atoms with Crippen molar-refractivity contribution in [2.75, 3.05) is 32.8 Å². The molecule has 0 radical (unpaired) electrons. The van der Waals surface area contributed by atoms with Crippen molar-refractivity contribution in [1.29, 1.82) is 0 Å². The van der Waals surface area contributed by atoms with Crippen molar-refractivity contribution in [2.24, 2.45) is 11.3 Å². The number of hydrogen-bond donors (Lipinski definition) is 1. The lowest BCUT2D eigenvalue weighted by atomic mass is 9.75. The van der Waals surface area contributed by atoms with E-state index in [0.29, 0.717) is 31.3 Å². The first-order valence-corrected chi connectivity index (χ1v) is 15.8. The number of amides is 1. The van der Waals surface area contributed by atoms with Gasteiger partial charge in [0.1, 0.15) is 30.2 Å². The van der Waals surface area contributed by atoms with Gasteiger partial charge in [0.25, 0.3) is 0 Å². The second-order valence-corrected chi connectivity index (χ2v) is 12.6. The van der Waals surface area contributed by atoms with Gasteiger partial charge in [0.05, 0.1) is 18.3 Å². The van der Waals surface area contributed by atoms with Crippen LogP contribution in [0.5, 0.6) is 0 Å². The van der Waals surface area contributed by atoms with Gasteiger partial charge in [-0.2, -0.15) is 0 Å². The van der Waals surface area contributed by atoms with Gasteiger partial charge in [0, 0.05) is 50.5 Å². The number of aromatic nitrogens is 2. The standard InChI is InChI=1S/C36H39F3N4O3/c1-36(14-16-45-17-15-36)33(40-19-27-21-43(22-31(27)39)35(44)46-24-26-10-6-3-7-11-26)34-41-32(29-18-28(37)12-13-30(29)38)23-42(34)20-25-8-4-2-5-9-25/h2-13,18,23,27,31,33,40H,14-17,19-22,24H2,1H3/t27-,31+,33+/m1/s1. The van der Waals surface area contributed by atoms with Crippen molar-refractivity contribution < 1.29 is 27.4 Å². The number of nitrogens with zero attached hydrogens (tertiary/aromatic N) is 3. The van der Waals surface area contributed by atoms with Crippen LogP contribution in [0.4, 0.5) is 18.0 Å². The van der Waals surface area contributed by atoms with Crippen LogP contribution in [0, 0.1) is 23.0 Å². The summed E-state index contributed by atoms with van der Waals surface area (Å²) in [6.07, 6.45) is 1.45. The second-order valence-electron chi connectivity index (χ2n) is 12.6. The van der Waals surface area contributed by atoms with Crippen molar-refractivity contribution in [3.05, 3.63) is 114 Å². The molecule has 4 aromatic rings. The second kappa shape index (κ2) is 14.1. The molecule has 242 valence electrons. The third-order valence-electron chi connectivity index (χ3n) is 9.21. The zero-order valence-electron chi connectivity index (χ0n) is 25.9. The molecule has 0 spiro atoms. The van der Waals surface area contributed by atoms with Gasteiger partial charge in [0.15, 0.2) is 0 Å². The number of benzene rings is 3. The van der Waals surface area contributed by atoms with Gasteiger partial charge in [-0.1, -0.05) is 67.6 Å². The van der Waals surface area contributed by atoms with Gasteiger partial charge in [-0.15, -0.1) is 0 Å². The smallest absolute Gasteiger partial charge is 0.410 e. The van der Waals surface area contributed by atoms with Gasteiger partial charge in [0.2, 0.25) is 0 Å². The minimum Gasteiger partial charge on any atom is -0.445 e. The number of nitrogens with one attached hydrogen (secondary N) is 1. The summed E-state index contributed by atoms with van der Waals surface area (Å²) >= 11 is 0. The van der Waals surface area contributed by atoms with Crippen molar-refractivity contribution in [1.82, 2.24) is 19.8 Å². The zero-order chi connectivity index (χ0) is 32.1. The van der Waals surface area contributed by atoms with Crippen molar-refractivity contribution in [3.8, 4) is 11.3 Å². The number of carbonyl (C=O) groups is 1.